The van der Waals surface area contributed by atoms with Gasteiger partial charge < -0.3 is 9.84 Å². The minimum absolute atomic E-state index is 0.354. The van der Waals surface area contributed by atoms with Crippen molar-refractivity contribution in [1.29, 1.82) is 0 Å². The lowest BCUT2D eigenvalue weighted by atomic mass is 10.1. The van der Waals surface area contributed by atoms with Gasteiger partial charge in [0.1, 0.15) is 12.4 Å². The van der Waals surface area contributed by atoms with Gasteiger partial charge in [0.2, 0.25) is 5.90 Å². The van der Waals surface area contributed by atoms with Gasteiger partial charge in [-0.15, -0.1) is 0 Å². The van der Waals surface area contributed by atoms with Gasteiger partial charge in [-0.3, -0.25) is 0 Å². The molecule has 108 valence electrons. The summed E-state index contributed by atoms with van der Waals surface area (Å²) in [6.07, 6.45) is 1.25. The lowest BCUT2D eigenvalue weighted by molar-refractivity contribution is 0.348. The summed E-state index contributed by atoms with van der Waals surface area (Å²) in [6.45, 7) is 13.4. The summed E-state index contributed by atoms with van der Waals surface area (Å²) < 4.78 is 5.36. The van der Waals surface area contributed by atoms with Crippen LogP contribution in [0.15, 0.2) is 17.1 Å². The maximum atomic E-state index is 9.59. The number of ether oxygens (including phenoxy) is 1. The van der Waals surface area contributed by atoms with Crippen molar-refractivity contribution in [1.82, 2.24) is 0 Å². The number of phenols is 1. The third-order valence-electron chi connectivity index (χ3n) is 2.32. The van der Waals surface area contributed by atoms with Crippen molar-refractivity contribution in [2.24, 2.45) is 4.99 Å². The van der Waals surface area contributed by atoms with Gasteiger partial charge in [0.25, 0.3) is 0 Å². The van der Waals surface area contributed by atoms with Gasteiger partial charge in [0.05, 0.1) is 6.54 Å². The Morgan fingerprint density at radius 2 is 1.63 bits per heavy atom. The maximum Gasteiger partial charge on any atom is 0.216 e. The zero-order chi connectivity index (χ0) is 14.8. The van der Waals surface area contributed by atoms with E-state index in [0.29, 0.717) is 18.3 Å². The Bertz CT molecular complexity index is 388. The molecule has 1 heterocycles. The Kier molecular flexibility index (Phi) is 8.68. The van der Waals surface area contributed by atoms with E-state index < -0.39 is 0 Å². The highest BCUT2D eigenvalue weighted by Gasteiger charge is 2.12. The molecule has 0 amide bonds. The van der Waals surface area contributed by atoms with Crippen LogP contribution in [0.1, 0.15) is 50.8 Å². The molecule has 0 aromatic heterocycles. The Labute approximate surface area is 117 Å². The SMILES string of the molecule is CC.CCC.Cc1cc(C2=NCCO2)cc(C)c1O. The predicted octanol–water partition coefficient (Wildman–Crippen LogP) is 4.23. The second-order valence-corrected chi connectivity index (χ2v) is 4.20. The normalized spacial score (nSPS) is 12.4. The van der Waals surface area contributed by atoms with Crippen LogP contribution in [0.2, 0.25) is 0 Å². The van der Waals surface area contributed by atoms with Gasteiger partial charge in [0, 0.05) is 5.56 Å². The summed E-state index contributed by atoms with van der Waals surface area (Å²) in [7, 11) is 0. The second kappa shape index (κ2) is 9.42. The van der Waals surface area contributed by atoms with E-state index in [1.54, 1.807) is 0 Å². The van der Waals surface area contributed by atoms with Crippen molar-refractivity contribution in [3.63, 3.8) is 0 Å². The molecule has 2 rings (SSSR count). The van der Waals surface area contributed by atoms with Crippen LogP contribution >= 0.6 is 0 Å². The number of nitrogens with zero attached hydrogens (tertiary/aromatic N) is 1. The first-order valence-corrected chi connectivity index (χ1v) is 7.08. The van der Waals surface area contributed by atoms with Crippen LogP contribution in [0.3, 0.4) is 0 Å². The number of benzene rings is 1. The van der Waals surface area contributed by atoms with E-state index in [-0.39, 0.29) is 0 Å². The highest BCUT2D eigenvalue weighted by molar-refractivity contribution is 5.95. The third kappa shape index (κ3) is 5.33. The number of rotatable bonds is 1. The van der Waals surface area contributed by atoms with Gasteiger partial charge in [-0.25, -0.2) is 4.99 Å². The number of hydrogen-bond acceptors (Lipinski definition) is 3. The van der Waals surface area contributed by atoms with Gasteiger partial charge >= 0.3 is 0 Å². The Balaban J connectivity index is 0.000000573. The van der Waals surface area contributed by atoms with Crippen LogP contribution in [0.4, 0.5) is 0 Å². The Morgan fingerprint density at radius 3 is 2.00 bits per heavy atom. The molecule has 3 nitrogen and oxygen atoms in total. The molecule has 1 aliphatic rings. The monoisotopic (exact) mass is 265 g/mol. The molecular weight excluding hydrogens is 238 g/mol. The minimum atomic E-state index is 0.354. The van der Waals surface area contributed by atoms with Crippen LogP contribution in [0.25, 0.3) is 0 Å². The molecule has 1 N–H and O–H groups in total. The molecule has 1 aromatic carbocycles. The molecule has 0 atom stereocenters. The van der Waals surface area contributed by atoms with E-state index in [9.17, 15) is 5.11 Å². The van der Waals surface area contributed by atoms with Gasteiger partial charge in [-0.05, 0) is 37.1 Å². The number of aryl methyl sites for hydroxylation is 2. The molecule has 3 heteroatoms. The van der Waals surface area contributed by atoms with E-state index >= 15 is 0 Å². The summed E-state index contributed by atoms with van der Waals surface area (Å²) in [4.78, 5) is 4.23. The Morgan fingerprint density at radius 1 is 1.16 bits per heavy atom. The summed E-state index contributed by atoms with van der Waals surface area (Å²) in [5.74, 6) is 1.04. The topological polar surface area (TPSA) is 41.8 Å². The number of phenolic OH excluding ortho intramolecular Hbond substituents is 1. The van der Waals surface area contributed by atoms with Crippen LogP contribution in [0.5, 0.6) is 5.75 Å². The van der Waals surface area contributed by atoms with Crippen molar-refractivity contribution >= 4 is 5.90 Å². The zero-order valence-electron chi connectivity index (χ0n) is 13.1. The van der Waals surface area contributed by atoms with Crippen LogP contribution in [-0.2, 0) is 4.74 Å². The summed E-state index contributed by atoms with van der Waals surface area (Å²) in [5, 5.41) is 9.59. The van der Waals surface area contributed by atoms with E-state index in [4.69, 9.17) is 4.74 Å². The maximum absolute atomic E-state index is 9.59. The second-order valence-electron chi connectivity index (χ2n) is 4.20. The van der Waals surface area contributed by atoms with Crippen molar-refractivity contribution < 1.29 is 9.84 Å². The summed E-state index contributed by atoms with van der Waals surface area (Å²) in [5.41, 5.74) is 2.67. The molecule has 19 heavy (non-hydrogen) atoms. The average Bonchev–Trinajstić information content (AvgIpc) is 2.92. The van der Waals surface area contributed by atoms with E-state index in [2.05, 4.69) is 18.8 Å². The summed E-state index contributed by atoms with van der Waals surface area (Å²) in [6, 6.07) is 3.79. The van der Waals surface area contributed by atoms with Gasteiger partial charge in [-0.2, -0.15) is 0 Å². The van der Waals surface area contributed by atoms with Crippen molar-refractivity contribution in [2.75, 3.05) is 13.2 Å². The molecular formula is C16H27NO2. The fourth-order valence-electron chi connectivity index (χ4n) is 1.59. The van der Waals surface area contributed by atoms with Gasteiger partial charge in [-0.1, -0.05) is 34.1 Å². The largest absolute Gasteiger partial charge is 0.507 e. The first-order chi connectivity index (χ1) is 9.10. The molecule has 0 radical (unpaired) electrons. The lowest BCUT2D eigenvalue weighted by Gasteiger charge is -2.07. The number of hydrogen-bond donors (Lipinski definition) is 1. The van der Waals surface area contributed by atoms with Crippen molar-refractivity contribution in [3.8, 4) is 5.75 Å². The fourth-order valence-corrected chi connectivity index (χ4v) is 1.59. The van der Waals surface area contributed by atoms with Crippen molar-refractivity contribution in [3.05, 3.63) is 28.8 Å². The first kappa shape index (κ1) is 17.5. The molecule has 0 saturated heterocycles. The van der Waals surface area contributed by atoms with Crippen LogP contribution in [-0.4, -0.2) is 24.2 Å². The van der Waals surface area contributed by atoms with Gasteiger partial charge in [0.15, 0.2) is 0 Å². The molecule has 0 bridgehead atoms. The average molecular weight is 265 g/mol. The highest BCUT2D eigenvalue weighted by Crippen LogP contribution is 2.23. The highest BCUT2D eigenvalue weighted by atomic mass is 16.5. The summed E-state index contributed by atoms with van der Waals surface area (Å²) >= 11 is 0. The van der Waals surface area contributed by atoms with E-state index in [0.717, 1.165) is 23.2 Å². The third-order valence-corrected chi connectivity index (χ3v) is 2.32. The molecule has 0 spiro atoms. The quantitative estimate of drug-likeness (QED) is 0.825. The molecule has 0 aliphatic carbocycles. The Hall–Kier alpha value is -1.51. The van der Waals surface area contributed by atoms with Crippen LogP contribution < -0.4 is 0 Å². The van der Waals surface area contributed by atoms with Crippen LogP contribution in [0, 0.1) is 13.8 Å². The lowest BCUT2D eigenvalue weighted by Crippen LogP contribution is -2.02. The zero-order valence-corrected chi connectivity index (χ0v) is 13.1. The fraction of sp³-hybridized carbons (Fsp3) is 0.562. The molecule has 1 aromatic rings. The molecule has 1 aliphatic heterocycles. The first-order valence-electron chi connectivity index (χ1n) is 7.08. The molecule has 0 fully saturated rings. The number of aliphatic imine (C=N–C) groups is 1. The minimum Gasteiger partial charge on any atom is -0.507 e. The standard InChI is InChI=1S/C11H13NO2.C3H8.C2H6/c1-7-5-9(6-8(2)10(7)13)11-12-3-4-14-11;1-3-2;1-2/h5-6,13H,3-4H2,1-2H3;3H2,1-2H3;1-2H3. The smallest absolute Gasteiger partial charge is 0.216 e. The predicted molar refractivity (Wildman–Crippen MR) is 82.2 cm³/mol. The molecule has 0 saturated carbocycles. The number of aromatic hydroxyl groups is 1. The van der Waals surface area contributed by atoms with E-state index in [1.165, 1.54) is 6.42 Å². The van der Waals surface area contributed by atoms with Crippen molar-refractivity contribution in [2.45, 2.75) is 48.0 Å². The molecule has 0 unspecified atom stereocenters. The van der Waals surface area contributed by atoms with E-state index in [1.807, 2.05) is 39.8 Å².